The molecule has 0 amide bonds. The molecule has 16 heavy (non-hydrogen) atoms. The van der Waals surface area contributed by atoms with Crippen molar-refractivity contribution in [2.75, 3.05) is 5.73 Å². The molecule has 1 rings (SSSR count). The molecule has 0 unspecified atom stereocenters. The zero-order valence-electron chi connectivity index (χ0n) is 9.94. The molecule has 0 aliphatic heterocycles. The van der Waals surface area contributed by atoms with Crippen LogP contribution in [-0.4, -0.2) is 13.0 Å². The first kappa shape index (κ1) is 17.0. The zero-order chi connectivity index (χ0) is 11.9. The van der Waals surface area contributed by atoms with E-state index >= 15 is 0 Å². The van der Waals surface area contributed by atoms with Crippen LogP contribution in [0.1, 0.15) is 26.3 Å². The maximum absolute atomic E-state index is 10.8. The summed E-state index contributed by atoms with van der Waals surface area (Å²) in [5.74, 6) is 0. The van der Waals surface area contributed by atoms with Gasteiger partial charge in [-0.05, 0) is 29.2 Å². The summed E-state index contributed by atoms with van der Waals surface area (Å²) >= 11 is 0. The number of nitrogen functional groups attached to an aromatic ring is 1. The fourth-order valence-electron chi connectivity index (χ4n) is 1.34. The van der Waals surface area contributed by atoms with Crippen molar-refractivity contribution in [3.05, 3.63) is 23.8 Å². The second-order valence-corrected chi connectivity index (χ2v) is 5.83. The van der Waals surface area contributed by atoms with Gasteiger partial charge in [0.15, 0.2) is 0 Å². The third kappa shape index (κ3) is 4.34. The monoisotopic (exact) mass is 361 g/mol. The third-order valence-electron chi connectivity index (χ3n) is 2.12. The molecule has 0 aliphatic carbocycles. The van der Waals surface area contributed by atoms with E-state index in [4.69, 9.17) is 5.73 Å². The molecule has 0 spiro atoms. The van der Waals surface area contributed by atoms with Crippen molar-refractivity contribution < 1.29 is 81.9 Å². The van der Waals surface area contributed by atoms with Crippen molar-refractivity contribution in [1.29, 1.82) is 0 Å². The predicted octanol–water partition coefficient (Wildman–Crippen LogP) is -1.53. The maximum Gasteiger partial charge on any atom is 1.00 e. The van der Waals surface area contributed by atoms with Crippen molar-refractivity contribution >= 4 is 15.8 Å². The van der Waals surface area contributed by atoms with Crippen LogP contribution in [0.2, 0.25) is 0 Å². The Morgan fingerprint density at radius 1 is 1.25 bits per heavy atom. The van der Waals surface area contributed by atoms with Crippen molar-refractivity contribution in [3.8, 4) is 0 Å². The maximum atomic E-state index is 10.8. The summed E-state index contributed by atoms with van der Waals surface area (Å²) in [7, 11) is -4.41. The van der Waals surface area contributed by atoms with Crippen LogP contribution in [0.5, 0.6) is 0 Å². The summed E-state index contributed by atoms with van der Waals surface area (Å²) in [5.41, 5.74) is 6.60. The Labute approximate surface area is 155 Å². The van der Waals surface area contributed by atoms with Gasteiger partial charge in [0.2, 0.25) is 0 Å². The standard InChI is InChI=1S/C10H15NO3S.Cs/c1-10(2,3)8-6-7(15(12,13)14)4-5-9(8)11;/h4-6H,11H2,1-3H3,(H,12,13,14);/q;+1/p-1. The topological polar surface area (TPSA) is 83.2 Å². The smallest absolute Gasteiger partial charge is 0.744 e. The van der Waals surface area contributed by atoms with Gasteiger partial charge in [0, 0.05) is 5.69 Å². The Hall–Kier alpha value is 0.982. The van der Waals surface area contributed by atoms with E-state index in [0.29, 0.717) is 11.3 Å². The molecule has 0 fully saturated rings. The van der Waals surface area contributed by atoms with Gasteiger partial charge < -0.3 is 10.3 Å². The van der Waals surface area contributed by atoms with E-state index < -0.39 is 10.1 Å². The minimum atomic E-state index is -4.41. The molecule has 6 heteroatoms. The molecule has 0 aromatic heterocycles. The summed E-state index contributed by atoms with van der Waals surface area (Å²) in [5, 5.41) is 0. The van der Waals surface area contributed by atoms with E-state index in [1.165, 1.54) is 18.2 Å². The number of nitrogens with two attached hydrogens (primary N) is 1. The quantitative estimate of drug-likeness (QED) is 0.486. The normalized spacial score (nSPS) is 12.0. The van der Waals surface area contributed by atoms with Crippen LogP contribution >= 0.6 is 0 Å². The van der Waals surface area contributed by atoms with Crippen LogP contribution in [-0.2, 0) is 15.5 Å². The van der Waals surface area contributed by atoms with Gasteiger partial charge in [-0.3, -0.25) is 0 Å². The van der Waals surface area contributed by atoms with Crippen molar-refractivity contribution in [3.63, 3.8) is 0 Å². The second kappa shape index (κ2) is 5.75. The first-order valence-electron chi connectivity index (χ1n) is 4.48. The zero-order valence-corrected chi connectivity index (χ0v) is 17.0. The Bertz CT molecular complexity index is 477. The molecule has 1 aromatic rings. The van der Waals surface area contributed by atoms with Crippen molar-refractivity contribution in [2.24, 2.45) is 0 Å². The molecule has 1 aromatic carbocycles. The summed E-state index contributed by atoms with van der Waals surface area (Å²) in [6.45, 7) is 5.71. The Morgan fingerprint density at radius 3 is 2.12 bits per heavy atom. The number of benzene rings is 1. The summed E-state index contributed by atoms with van der Waals surface area (Å²) in [4.78, 5) is -0.235. The van der Waals surface area contributed by atoms with Crippen LogP contribution in [0.4, 0.5) is 5.69 Å². The van der Waals surface area contributed by atoms with Gasteiger partial charge in [-0.15, -0.1) is 0 Å². The molecule has 2 N–H and O–H groups in total. The van der Waals surface area contributed by atoms with E-state index in [0.717, 1.165) is 0 Å². The van der Waals surface area contributed by atoms with Crippen molar-refractivity contribution in [1.82, 2.24) is 0 Å². The SMILES string of the molecule is CC(C)(C)c1cc(S(=O)(=O)[O-])ccc1N.[Cs+]. The van der Waals surface area contributed by atoms with E-state index in [2.05, 4.69) is 0 Å². The molecule has 0 aliphatic rings. The first-order chi connectivity index (χ1) is 6.62. The number of hydrogen-bond donors (Lipinski definition) is 1. The Kier molecular flexibility index (Phi) is 6.10. The minimum absolute atomic E-state index is 0. The van der Waals surface area contributed by atoms with Gasteiger partial charge in [-0.25, -0.2) is 8.42 Å². The van der Waals surface area contributed by atoms with Gasteiger partial charge in [0.1, 0.15) is 10.1 Å². The van der Waals surface area contributed by atoms with Crippen LogP contribution in [0.3, 0.4) is 0 Å². The van der Waals surface area contributed by atoms with E-state index in [-0.39, 0.29) is 79.2 Å². The Balaban J connectivity index is 0.00000225. The number of rotatable bonds is 1. The molecule has 0 atom stereocenters. The number of anilines is 1. The summed E-state index contributed by atoms with van der Waals surface area (Å²) in [6.07, 6.45) is 0. The van der Waals surface area contributed by atoms with Crippen LogP contribution < -0.4 is 74.6 Å². The molecular formula is C10H14CsNO3S. The molecule has 4 nitrogen and oxygen atoms in total. The molecule has 0 radical (unpaired) electrons. The van der Waals surface area contributed by atoms with Gasteiger partial charge in [-0.2, -0.15) is 0 Å². The van der Waals surface area contributed by atoms with Crippen molar-refractivity contribution in [2.45, 2.75) is 31.1 Å². The first-order valence-corrected chi connectivity index (χ1v) is 5.89. The molecule has 0 heterocycles. The molecule has 0 saturated heterocycles. The van der Waals surface area contributed by atoms with Crippen LogP contribution in [0.25, 0.3) is 0 Å². The van der Waals surface area contributed by atoms with E-state index in [9.17, 15) is 13.0 Å². The van der Waals surface area contributed by atoms with Crippen LogP contribution in [0, 0.1) is 0 Å². The fraction of sp³-hybridized carbons (Fsp3) is 0.400. The average molecular weight is 361 g/mol. The second-order valence-electron chi connectivity index (χ2n) is 4.45. The number of hydrogen-bond acceptors (Lipinski definition) is 4. The van der Waals surface area contributed by atoms with Gasteiger partial charge in [-0.1, -0.05) is 20.8 Å². The van der Waals surface area contributed by atoms with Gasteiger partial charge in [0.25, 0.3) is 0 Å². The summed E-state index contributed by atoms with van der Waals surface area (Å²) in [6, 6.07) is 4.02. The summed E-state index contributed by atoms with van der Waals surface area (Å²) < 4.78 is 32.5. The Morgan fingerprint density at radius 2 is 1.75 bits per heavy atom. The molecular weight excluding hydrogens is 347 g/mol. The third-order valence-corrected chi connectivity index (χ3v) is 2.95. The van der Waals surface area contributed by atoms with Gasteiger partial charge >= 0.3 is 68.9 Å². The molecule has 84 valence electrons. The average Bonchev–Trinajstić information content (AvgIpc) is 2.00. The van der Waals surface area contributed by atoms with Gasteiger partial charge in [0.05, 0.1) is 4.90 Å². The van der Waals surface area contributed by atoms with E-state index in [1.807, 2.05) is 20.8 Å². The fourth-order valence-corrected chi connectivity index (χ4v) is 1.84. The minimum Gasteiger partial charge on any atom is -0.744 e. The molecule has 0 saturated carbocycles. The predicted molar refractivity (Wildman–Crippen MR) is 57.5 cm³/mol. The van der Waals surface area contributed by atoms with E-state index in [1.54, 1.807) is 0 Å². The van der Waals surface area contributed by atoms with Crippen LogP contribution in [0.15, 0.2) is 23.1 Å². The largest absolute Gasteiger partial charge is 1.00 e. The molecule has 0 bridgehead atoms.